The predicted octanol–water partition coefficient (Wildman–Crippen LogP) is 5.64. The van der Waals surface area contributed by atoms with Gasteiger partial charge in [0, 0.05) is 22.6 Å². The molecule has 2 aromatic carbocycles. The van der Waals surface area contributed by atoms with E-state index in [1.54, 1.807) is 12.1 Å². The van der Waals surface area contributed by atoms with E-state index in [0.29, 0.717) is 5.69 Å². The van der Waals surface area contributed by atoms with Gasteiger partial charge in [-0.05, 0) is 55.3 Å². The minimum atomic E-state index is -0.413. The number of amides is 2. The Bertz CT molecular complexity index is 979. The van der Waals surface area contributed by atoms with Crippen LogP contribution in [0.15, 0.2) is 59.7 Å². The van der Waals surface area contributed by atoms with E-state index < -0.39 is 6.03 Å². The minimum absolute atomic E-state index is 0.00770. The Hall–Kier alpha value is -2.73. The van der Waals surface area contributed by atoms with Crippen molar-refractivity contribution in [2.24, 2.45) is 0 Å². The van der Waals surface area contributed by atoms with E-state index in [-0.39, 0.29) is 5.75 Å². The number of carbonyl (C=O) groups is 1. The number of carbonyl (C=O) groups excluding carboxylic acids is 1. The number of nitrogens with one attached hydrogen (secondary N) is 2. The molecule has 6 heteroatoms. The Morgan fingerprint density at radius 3 is 2.77 bits per heavy atom. The maximum absolute atomic E-state index is 12.4. The molecule has 5 nitrogen and oxygen atoms in total. The average molecular weight is 414 g/mol. The van der Waals surface area contributed by atoms with Crippen LogP contribution in [-0.4, -0.2) is 15.7 Å². The van der Waals surface area contributed by atoms with Gasteiger partial charge in [-0.15, -0.1) is 6.58 Å². The number of hydrogen-bond acceptors (Lipinski definition) is 2. The third-order valence-electron chi connectivity index (χ3n) is 4.06. The van der Waals surface area contributed by atoms with Gasteiger partial charge in [-0.2, -0.15) is 0 Å². The number of aryl methyl sites for hydroxylation is 2. The fourth-order valence-corrected chi connectivity index (χ4v) is 3.21. The number of anilines is 2. The Labute approximate surface area is 160 Å². The number of phenolic OH excluding ortho intramolecular Hbond substituents is 1. The van der Waals surface area contributed by atoms with Crippen molar-refractivity contribution < 1.29 is 9.90 Å². The zero-order valence-electron chi connectivity index (χ0n) is 14.4. The number of rotatable bonds is 5. The van der Waals surface area contributed by atoms with E-state index in [0.717, 1.165) is 39.6 Å². The SMILES string of the molecule is C=CCCn1ccc2c(NC(=O)Nc3cc(Br)ccc3O)cc(C)cc21. The summed E-state index contributed by atoms with van der Waals surface area (Å²) in [4.78, 5) is 12.4. The summed E-state index contributed by atoms with van der Waals surface area (Å²) < 4.78 is 2.91. The van der Waals surface area contributed by atoms with Crippen molar-refractivity contribution in [3.05, 3.63) is 65.3 Å². The molecule has 3 aromatic rings. The lowest BCUT2D eigenvalue weighted by Gasteiger charge is -2.12. The van der Waals surface area contributed by atoms with Crippen molar-refractivity contribution in [2.75, 3.05) is 10.6 Å². The second-order valence-corrected chi connectivity index (χ2v) is 6.99. The van der Waals surface area contributed by atoms with E-state index in [9.17, 15) is 9.90 Å². The monoisotopic (exact) mass is 413 g/mol. The van der Waals surface area contributed by atoms with Gasteiger partial charge in [-0.3, -0.25) is 0 Å². The van der Waals surface area contributed by atoms with Crippen LogP contribution in [0.25, 0.3) is 10.9 Å². The lowest BCUT2D eigenvalue weighted by molar-refractivity contribution is 0.262. The lowest BCUT2D eigenvalue weighted by Crippen LogP contribution is -2.19. The Balaban J connectivity index is 1.86. The van der Waals surface area contributed by atoms with Gasteiger partial charge in [0.1, 0.15) is 5.75 Å². The van der Waals surface area contributed by atoms with Crippen LogP contribution in [0, 0.1) is 6.92 Å². The highest BCUT2D eigenvalue weighted by Crippen LogP contribution is 2.29. The summed E-state index contributed by atoms with van der Waals surface area (Å²) in [5.74, 6) is 0.00770. The maximum atomic E-state index is 12.4. The number of aromatic hydroxyl groups is 1. The van der Waals surface area contributed by atoms with E-state index in [2.05, 4.69) is 43.8 Å². The number of hydrogen-bond donors (Lipinski definition) is 3. The van der Waals surface area contributed by atoms with Gasteiger partial charge in [-0.1, -0.05) is 22.0 Å². The first-order valence-corrected chi connectivity index (χ1v) is 9.04. The molecule has 0 atom stereocenters. The standard InChI is InChI=1S/C20H20BrN3O2/c1-3-4-8-24-9-7-15-16(10-13(2)11-18(15)24)22-20(26)23-17-12-14(21)5-6-19(17)25/h3,5-7,9-12,25H,1,4,8H2,2H3,(H2,22,23,26). The van der Waals surface area contributed by atoms with Gasteiger partial charge in [0.05, 0.1) is 16.9 Å². The lowest BCUT2D eigenvalue weighted by atomic mass is 10.1. The summed E-state index contributed by atoms with van der Waals surface area (Å²) in [6.45, 7) is 6.60. The first kappa shape index (κ1) is 18.1. The highest BCUT2D eigenvalue weighted by molar-refractivity contribution is 9.10. The van der Waals surface area contributed by atoms with Crippen LogP contribution in [0.2, 0.25) is 0 Å². The molecule has 0 spiro atoms. The number of urea groups is 1. The number of halogens is 1. The summed E-state index contributed by atoms with van der Waals surface area (Å²) in [6, 6.07) is 10.5. The van der Waals surface area contributed by atoms with Crippen LogP contribution in [0.1, 0.15) is 12.0 Å². The molecule has 1 aromatic heterocycles. The summed E-state index contributed by atoms with van der Waals surface area (Å²) in [7, 11) is 0. The molecular formula is C20H20BrN3O2. The van der Waals surface area contributed by atoms with Gasteiger partial charge < -0.3 is 20.3 Å². The first-order chi connectivity index (χ1) is 12.5. The minimum Gasteiger partial charge on any atom is -0.506 e. The van der Waals surface area contributed by atoms with Crippen molar-refractivity contribution in [2.45, 2.75) is 19.9 Å². The molecule has 0 aliphatic rings. The molecule has 0 unspecified atom stereocenters. The molecule has 26 heavy (non-hydrogen) atoms. The van der Waals surface area contributed by atoms with Gasteiger partial charge in [0.15, 0.2) is 0 Å². The smallest absolute Gasteiger partial charge is 0.323 e. The van der Waals surface area contributed by atoms with E-state index >= 15 is 0 Å². The second kappa shape index (κ2) is 7.66. The number of allylic oxidation sites excluding steroid dienone is 1. The van der Waals surface area contributed by atoms with Gasteiger partial charge in [0.25, 0.3) is 0 Å². The zero-order valence-corrected chi connectivity index (χ0v) is 16.0. The van der Waals surface area contributed by atoms with Crippen LogP contribution in [0.4, 0.5) is 16.2 Å². The normalized spacial score (nSPS) is 10.7. The van der Waals surface area contributed by atoms with E-state index in [1.807, 2.05) is 31.3 Å². The van der Waals surface area contributed by atoms with Crippen molar-refractivity contribution in [1.29, 1.82) is 0 Å². The molecule has 0 radical (unpaired) electrons. The van der Waals surface area contributed by atoms with Crippen LogP contribution >= 0.6 is 15.9 Å². The highest BCUT2D eigenvalue weighted by Gasteiger charge is 2.11. The molecule has 0 saturated heterocycles. The van der Waals surface area contributed by atoms with Gasteiger partial charge in [0.2, 0.25) is 0 Å². The molecular weight excluding hydrogens is 394 g/mol. The van der Waals surface area contributed by atoms with Crippen molar-refractivity contribution >= 4 is 44.2 Å². The zero-order chi connectivity index (χ0) is 18.7. The predicted molar refractivity (Wildman–Crippen MR) is 110 cm³/mol. The molecule has 3 rings (SSSR count). The summed E-state index contributed by atoms with van der Waals surface area (Å²) >= 11 is 3.33. The molecule has 0 fully saturated rings. The number of benzene rings is 2. The van der Waals surface area contributed by atoms with E-state index in [4.69, 9.17) is 0 Å². The van der Waals surface area contributed by atoms with Crippen LogP contribution in [0.3, 0.4) is 0 Å². The van der Waals surface area contributed by atoms with Crippen LogP contribution < -0.4 is 10.6 Å². The third kappa shape index (κ3) is 3.91. The molecule has 0 bridgehead atoms. The maximum Gasteiger partial charge on any atom is 0.323 e. The largest absolute Gasteiger partial charge is 0.506 e. The highest BCUT2D eigenvalue weighted by atomic mass is 79.9. The van der Waals surface area contributed by atoms with Crippen molar-refractivity contribution in [3.63, 3.8) is 0 Å². The first-order valence-electron chi connectivity index (χ1n) is 8.25. The fraction of sp³-hybridized carbons (Fsp3) is 0.150. The summed E-state index contributed by atoms with van der Waals surface area (Å²) in [6.07, 6.45) is 4.78. The summed E-state index contributed by atoms with van der Waals surface area (Å²) in [5.41, 5.74) is 3.18. The van der Waals surface area contributed by atoms with Gasteiger partial charge in [-0.25, -0.2) is 4.79 Å². The number of phenols is 1. The molecule has 134 valence electrons. The fourth-order valence-electron chi connectivity index (χ4n) is 2.85. The van der Waals surface area contributed by atoms with Crippen LogP contribution in [0.5, 0.6) is 5.75 Å². The number of fused-ring (bicyclic) bond motifs is 1. The van der Waals surface area contributed by atoms with Crippen molar-refractivity contribution in [3.8, 4) is 5.75 Å². The topological polar surface area (TPSA) is 66.3 Å². The quantitative estimate of drug-likeness (QED) is 0.374. The molecule has 0 aliphatic carbocycles. The molecule has 0 saturated carbocycles. The summed E-state index contributed by atoms with van der Waals surface area (Å²) in [5, 5.41) is 16.4. The Morgan fingerprint density at radius 1 is 1.23 bits per heavy atom. The average Bonchev–Trinajstić information content (AvgIpc) is 2.99. The van der Waals surface area contributed by atoms with Crippen LogP contribution in [-0.2, 0) is 6.54 Å². The molecule has 1 heterocycles. The van der Waals surface area contributed by atoms with E-state index in [1.165, 1.54) is 6.07 Å². The Kier molecular flexibility index (Phi) is 5.32. The van der Waals surface area contributed by atoms with Gasteiger partial charge >= 0.3 is 6.03 Å². The Morgan fingerprint density at radius 2 is 2.00 bits per heavy atom. The molecule has 3 N–H and O–H groups in total. The third-order valence-corrected chi connectivity index (χ3v) is 4.56. The number of aromatic nitrogens is 1. The second-order valence-electron chi connectivity index (χ2n) is 6.07. The van der Waals surface area contributed by atoms with Crippen molar-refractivity contribution in [1.82, 2.24) is 4.57 Å². The number of nitrogens with zero attached hydrogens (tertiary/aromatic N) is 1. The molecule has 2 amide bonds. The molecule has 0 aliphatic heterocycles.